The average Bonchev–Trinajstić information content (AvgIpc) is 3.26. The molecule has 0 aromatic carbocycles. The summed E-state index contributed by atoms with van der Waals surface area (Å²) < 4.78 is 13.2. The molecule has 0 spiro atoms. The summed E-state index contributed by atoms with van der Waals surface area (Å²) in [4.78, 5) is 49.2. The van der Waals surface area contributed by atoms with Crippen LogP contribution in [0.15, 0.2) is 23.6 Å². The van der Waals surface area contributed by atoms with Gasteiger partial charge in [-0.1, -0.05) is 33.1 Å². The van der Waals surface area contributed by atoms with Gasteiger partial charge in [0.2, 0.25) is 5.91 Å². The summed E-state index contributed by atoms with van der Waals surface area (Å²) in [6, 6.07) is 0. The summed E-state index contributed by atoms with van der Waals surface area (Å²) in [6.07, 6.45) is 7.62. The lowest BCUT2D eigenvalue weighted by Gasteiger charge is -2.64. The lowest BCUT2D eigenvalue weighted by atomic mass is 9.43. The number of nitrogens with zero attached hydrogens (tertiary/aromatic N) is 4. The smallest absolute Gasteiger partial charge is 0.404 e. The molecule has 0 unspecified atom stereocenters. The number of nitrogens with two attached hydrogens (primary N) is 1. The lowest BCUT2D eigenvalue weighted by molar-refractivity contribution is -0.525. The Labute approximate surface area is 241 Å². The van der Waals surface area contributed by atoms with Crippen LogP contribution in [0.4, 0.5) is 0 Å². The molecular formula is C27H42BN7O6. The highest BCUT2D eigenvalue weighted by Gasteiger charge is 2.68. The first-order chi connectivity index (χ1) is 19.3. The third-order valence-corrected chi connectivity index (χ3v) is 9.20. The number of hydrogen-bond donors (Lipinski definition) is 3. The van der Waals surface area contributed by atoms with Crippen molar-refractivity contribution in [1.82, 2.24) is 20.7 Å². The minimum absolute atomic E-state index is 0.0130. The Bertz CT molecular complexity index is 1150. The molecule has 2 bridgehead atoms. The van der Waals surface area contributed by atoms with E-state index in [0.717, 1.165) is 12.8 Å². The van der Waals surface area contributed by atoms with Gasteiger partial charge < -0.3 is 20.4 Å². The first-order valence-electron chi connectivity index (χ1n) is 14.4. The second kappa shape index (κ2) is 12.4. The quantitative estimate of drug-likeness (QED) is 0.0604. The predicted molar refractivity (Wildman–Crippen MR) is 152 cm³/mol. The van der Waals surface area contributed by atoms with Crippen LogP contribution in [0, 0.1) is 39.2 Å². The molecule has 1 saturated heterocycles. The van der Waals surface area contributed by atoms with Crippen molar-refractivity contribution in [2.75, 3.05) is 6.54 Å². The van der Waals surface area contributed by atoms with Crippen molar-refractivity contribution >= 4 is 24.8 Å². The van der Waals surface area contributed by atoms with E-state index in [9.17, 15) is 19.7 Å². The molecular weight excluding hydrogens is 529 g/mol. The summed E-state index contributed by atoms with van der Waals surface area (Å²) in [6.45, 7) is 11.1. The van der Waals surface area contributed by atoms with Gasteiger partial charge in [-0.05, 0) is 62.2 Å². The minimum atomic E-state index is -0.794. The van der Waals surface area contributed by atoms with Gasteiger partial charge in [-0.25, -0.2) is 20.1 Å². The maximum atomic E-state index is 13.7. The molecule has 4 aliphatic rings. The number of amides is 1. The van der Waals surface area contributed by atoms with Crippen LogP contribution in [0.25, 0.3) is 0 Å². The fraction of sp³-hybridized carbons (Fsp3) is 0.741. The Morgan fingerprint density at radius 1 is 1.29 bits per heavy atom. The van der Waals surface area contributed by atoms with Gasteiger partial charge in [-0.15, -0.1) is 0 Å². The van der Waals surface area contributed by atoms with Crippen LogP contribution in [-0.2, 0) is 14.1 Å². The number of Topliss-reactive ketones (excluding diaryl/α,β-unsaturated/α-hetero) is 1. The number of nitro groups is 1. The highest BCUT2D eigenvalue weighted by Crippen LogP contribution is 2.65. The van der Waals surface area contributed by atoms with Crippen molar-refractivity contribution in [3.63, 3.8) is 0 Å². The van der Waals surface area contributed by atoms with E-state index in [-0.39, 0.29) is 53.7 Å². The molecule has 4 N–H and O–H groups in total. The Balaban J connectivity index is 1.46. The number of carbonyl (C=O) groups excluding carboxylic acids is 2. The highest BCUT2D eigenvalue weighted by molar-refractivity contribution is 6.47. The monoisotopic (exact) mass is 571 g/mol. The minimum Gasteiger partial charge on any atom is -0.404 e. The molecule has 13 nitrogen and oxygen atoms in total. The van der Waals surface area contributed by atoms with Crippen LogP contribution in [0.3, 0.4) is 0 Å². The lowest BCUT2D eigenvalue weighted by Crippen LogP contribution is -2.65. The zero-order valence-electron chi connectivity index (χ0n) is 24.5. The van der Waals surface area contributed by atoms with E-state index in [0.29, 0.717) is 31.1 Å². The van der Waals surface area contributed by atoms with Crippen LogP contribution in [0.5, 0.6) is 0 Å². The van der Waals surface area contributed by atoms with Gasteiger partial charge in [0, 0.05) is 31.3 Å². The summed E-state index contributed by atoms with van der Waals surface area (Å²) >= 11 is 0. The molecule has 3 aliphatic carbocycles. The van der Waals surface area contributed by atoms with Gasteiger partial charge >= 0.3 is 7.12 Å². The molecule has 0 radical (unpaired) electrons. The molecule has 5 rings (SSSR count). The van der Waals surface area contributed by atoms with Crippen molar-refractivity contribution in [2.24, 2.45) is 39.8 Å². The Kier molecular flexibility index (Phi) is 9.32. The number of ketones is 1. The number of hydrazine groups is 1. The number of hydrogen-bond acceptors (Lipinski definition) is 9. The van der Waals surface area contributed by atoms with Gasteiger partial charge in [-0.2, -0.15) is 0 Å². The second-order valence-electron chi connectivity index (χ2n) is 12.8. The molecule has 1 aliphatic heterocycles. The van der Waals surface area contributed by atoms with E-state index in [1.165, 1.54) is 18.6 Å². The first kappa shape index (κ1) is 30.8. The van der Waals surface area contributed by atoms with Gasteiger partial charge in [-0.3, -0.25) is 14.6 Å². The number of rotatable bonds is 13. The summed E-state index contributed by atoms with van der Waals surface area (Å²) in [5.74, 6) is -0.721. The van der Waals surface area contributed by atoms with E-state index in [2.05, 4.69) is 54.9 Å². The number of guanidine groups is 1. The van der Waals surface area contributed by atoms with Crippen LogP contribution in [0.1, 0.15) is 83.6 Å². The van der Waals surface area contributed by atoms with E-state index in [1.807, 2.05) is 0 Å². The number of aromatic nitrogens is 2. The van der Waals surface area contributed by atoms with Crippen LogP contribution in [-0.4, -0.2) is 64.0 Å². The fourth-order valence-electron chi connectivity index (χ4n) is 6.88. The SMILES string of the molecule is CC(C)C[C@H](NC(=O)[C@H](CCCN=C(N)N[N+](=O)[O-])CC(=O)c1cnccn1)B1O[C@@H]2C[C@@H]3C[C@@H](C3(C)C)[C@]2(C)O1. The van der Waals surface area contributed by atoms with Gasteiger partial charge in [0.1, 0.15) is 5.69 Å². The molecule has 1 aromatic heterocycles. The van der Waals surface area contributed by atoms with E-state index >= 15 is 0 Å². The van der Waals surface area contributed by atoms with Crippen molar-refractivity contribution < 1.29 is 23.9 Å². The molecule has 1 amide bonds. The zero-order valence-corrected chi connectivity index (χ0v) is 24.5. The molecule has 224 valence electrons. The number of aliphatic imine (C=N–C) groups is 1. The standard InChI is InChI=1S/C27H42BN7O6/c1-16(2)11-23(28-40-22-14-18-13-21(26(18,3)4)27(22,5)41-28)33-24(37)17(7-6-8-32-25(29)34-35(38)39)12-20(36)19-15-30-9-10-31-19/h9-10,15-18,21-23H,6-8,11-14H2,1-5H3,(H,33,37)(H3,29,32,34)/t17-,18+,21+,22-,23+,27+/m1/s1. The Hall–Kier alpha value is -3.13. The van der Waals surface area contributed by atoms with Crippen molar-refractivity contribution in [1.29, 1.82) is 0 Å². The molecule has 41 heavy (non-hydrogen) atoms. The van der Waals surface area contributed by atoms with E-state index in [1.54, 1.807) is 5.43 Å². The summed E-state index contributed by atoms with van der Waals surface area (Å²) in [5.41, 5.74) is 7.27. The van der Waals surface area contributed by atoms with Crippen molar-refractivity contribution in [3.05, 3.63) is 34.4 Å². The largest absolute Gasteiger partial charge is 0.481 e. The van der Waals surface area contributed by atoms with Crippen LogP contribution >= 0.6 is 0 Å². The third-order valence-electron chi connectivity index (χ3n) is 9.20. The summed E-state index contributed by atoms with van der Waals surface area (Å²) in [7, 11) is -0.583. The molecule has 3 saturated carbocycles. The van der Waals surface area contributed by atoms with E-state index in [4.69, 9.17) is 15.0 Å². The maximum absolute atomic E-state index is 13.7. The molecule has 1 aromatic rings. The van der Waals surface area contributed by atoms with E-state index < -0.39 is 29.6 Å². The molecule has 2 heterocycles. The molecule has 4 fully saturated rings. The van der Waals surface area contributed by atoms with Crippen LogP contribution < -0.4 is 16.5 Å². The number of carbonyl (C=O) groups is 2. The predicted octanol–water partition coefficient (Wildman–Crippen LogP) is 2.34. The van der Waals surface area contributed by atoms with Gasteiger partial charge in [0.25, 0.3) is 5.96 Å². The average molecular weight is 571 g/mol. The van der Waals surface area contributed by atoms with Crippen molar-refractivity contribution in [2.45, 2.75) is 90.8 Å². The Morgan fingerprint density at radius 2 is 2.05 bits per heavy atom. The van der Waals surface area contributed by atoms with Crippen LogP contribution in [0.2, 0.25) is 0 Å². The maximum Gasteiger partial charge on any atom is 0.481 e. The Morgan fingerprint density at radius 3 is 2.68 bits per heavy atom. The van der Waals surface area contributed by atoms with Crippen molar-refractivity contribution in [3.8, 4) is 0 Å². The first-order valence-corrected chi connectivity index (χ1v) is 14.4. The van der Waals surface area contributed by atoms with Gasteiger partial charge in [0.15, 0.2) is 10.8 Å². The second-order valence-corrected chi connectivity index (χ2v) is 12.8. The molecule has 14 heteroatoms. The fourth-order valence-corrected chi connectivity index (χ4v) is 6.88. The topological polar surface area (TPSA) is 184 Å². The molecule has 6 atom stereocenters. The third kappa shape index (κ3) is 6.86. The number of nitrogens with one attached hydrogen (secondary N) is 2. The van der Waals surface area contributed by atoms with Gasteiger partial charge in [0.05, 0.1) is 23.8 Å². The summed E-state index contributed by atoms with van der Waals surface area (Å²) in [5, 5.41) is 12.9. The zero-order chi connectivity index (χ0) is 29.9. The highest BCUT2D eigenvalue weighted by atomic mass is 16.7. The normalized spacial score (nSPS) is 27.9.